The molecule has 0 spiro atoms. The molecule has 148 valence electrons. The van der Waals surface area contributed by atoms with Crippen molar-refractivity contribution in [2.24, 2.45) is 17.3 Å². The van der Waals surface area contributed by atoms with E-state index >= 15 is 0 Å². The molecule has 27 heavy (non-hydrogen) atoms. The van der Waals surface area contributed by atoms with Crippen LogP contribution in [-0.2, 0) is 28.5 Å². The molecular weight excluding hydrogens is 354 g/mol. The number of carbonyl (C=O) groups excluding carboxylic acids is 3. The van der Waals surface area contributed by atoms with E-state index in [9.17, 15) is 14.4 Å². The van der Waals surface area contributed by atoms with Crippen LogP contribution in [0, 0.1) is 17.3 Å². The van der Waals surface area contributed by atoms with Gasteiger partial charge < -0.3 is 23.8 Å². The van der Waals surface area contributed by atoms with Crippen LogP contribution in [0.3, 0.4) is 0 Å². The van der Waals surface area contributed by atoms with E-state index < -0.39 is 17.5 Å². The molecule has 0 N–H and O–H groups in total. The van der Waals surface area contributed by atoms with Gasteiger partial charge in [-0.1, -0.05) is 25.7 Å². The van der Waals surface area contributed by atoms with Crippen molar-refractivity contribution >= 4 is 18.5 Å². The summed E-state index contributed by atoms with van der Waals surface area (Å²) in [5, 5.41) is 0. The second-order valence-electron chi connectivity index (χ2n) is 7.50. The summed E-state index contributed by atoms with van der Waals surface area (Å²) in [6.45, 7) is 8.19. The number of cyclic esters (lactones) is 2. The summed E-state index contributed by atoms with van der Waals surface area (Å²) in [4.78, 5) is 36.2. The zero-order valence-electron chi connectivity index (χ0n) is 15.6. The van der Waals surface area contributed by atoms with Gasteiger partial charge in [-0.05, 0) is 19.3 Å². The molecular formula is C19H25NO7. The van der Waals surface area contributed by atoms with Crippen LogP contribution in [0.1, 0.15) is 20.3 Å². The van der Waals surface area contributed by atoms with Crippen LogP contribution in [0.25, 0.3) is 0 Å². The first-order chi connectivity index (χ1) is 12.9. The Morgan fingerprint density at radius 1 is 1.37 bits per heavy atom. The molecule has 2 fully saturated rings. The first kappa shape index (κ1) is 19.4. The number of nitrogens with zero attached hydrogens (tertiary/aromatic N) is 1. The van der Waals surface area contributed by atoms with E-state index in [1.54, 1.807) is 11.8 Å². The van der Waals surface area contributed by atoms with Crippen molar-refractivity contribution in [2.75, 3.05) is 26.4 Å². The van der Waals surface area contributed by atoms with Gasteiger partial charge in [0.05, 0.1) is 18.8 Å². The predicted molar refractivity (Wildman–Crippen MR) is 93.3 cm³/mol. The Morgan fingerprint density at radius 2 is 2.04 bits per heavy atom. The van der Waals surface area contributed by atoms with Crippen LogP contribution in [0.5, 0.6) is 0 Å². The third-order valence-electron chi connectivity index (χ3n) is 5.41. The van der Waals surface area contributed by atoms with Crippen molar-refractivity contribution in [1.82, 2.24) is 4.90 Å². The fraction of sp³-hybridized carbons (Fsp3) is 0.632. The van der Waals surface area contributed by atoms with Gasteiger partial charge in [-0.15, -0.1) is 0 Å². The summed E-state index contributed by atoms with van der Waals surface area (Å²) in [5.41, 5.74) is -0.287. The van der Waals surface area contributed by atoms with Crippen molar-refractivity contribution in [3.8, 4) is 0 Å². The summed E-state index contributed by atoms with van der Waals surface area (Å²) in [6, 6.07) is 0. The van der Waals surface area contributed by atoms with Gasteiger partial charge in [-0.3, -0.25) is 9.59 Å². The Bertz CT molecular complexity index is 648. The first-order valence-corrected chi connectivity index (χ1v) is 9.07. The molecule has 1 amide bonds. The monoisotopic (exact) mass is 379 g/mol. The van der Waals surface area contributed by atoms with Crippen molar-refractivity contribution in [3.05, 3.63) is 24.4 Å². The van der Waals surface area contributed by atoms with Crippen LogP contribution in [0.2, 0.25) is 0 Å². The fourth-order valence-electron chi connectivity index (χ4n) is 3.66. The van der Waals surface area contributed by atoms with Gasteiger partial charge in [-0.25, -0.2) is 4.79 Å². The molecule has 0 aromatic carbocycles. The molecule has 3 rings (SSSR count). The van der Waals surface area contributed by atoms with Crippen molar-refractivity contribution < 1.29 is 33.3 Å². The molecule has 3 aliphatic heterocycles. The molecule has 8 heteroatoms. The van der Waals surface area contributed by atoms with Crippen molar-refractivity contribution in [1.29, 1.82) is 0 Å². The number of rotatable bonds is 8. The minimum Gasteiger partial charge on any atom is -0.465 e. The maximum atomic E-state index is 12.2. The quantitative estimate of drug-likeness (QED) is 0.274. The van der Waals surface area contributed by atoms with Gasteiger partial charge in [0.1, 0.15) is 18.6 Å². The van der Waals surface area contributed by atoms with E-state index in [4.69, 9.17) is 18.9 Å². The molecule has 0 aromatic heterocycles. The van der Waals surface area contributed by atoms with Crippen molar-refractivity contribution in [3.63, 3.8) is 0 Å². The van der Waals surface area contributed by atoms with Crippen LogP contribution < -0.4 is 0 Å². The van der Waals surface area contributed by atoms with Crippen LogP contribution in [-0.4, -0.2) is 62.0 Å². The number of hydrogen-bond acceptors (Lipinski definition) is 7. The van der Waals surface area contributed by atoms with E-state index in [1.165, 1.54) is 0 Å². The van der Waals surface area contributed by atoms with Crippen LogP contribution in [0.4, 0.5) is 4.79 Å². The lowest BCUT2D eigenvalue weighted by Gasteiger charge is -2.31. The van der Waals surface area contributed by atoms with Crippen LogP contribution >= 0.6 is 0 Å². The molecule has 0 radical (unpaired) electrons. The Morgan fingerprint density at radius 3 is 2.63 bits per heavy atom. The zero-order chi connectivity index (χ0) is 19.6. The SMILES string of the molecule is C=C(C1C2C=CC(O2)C1C)N(C=O)CCCOC(=O)C1(C)COC(=O)OC1. The predicted octanol–water partition coefficient (Wildman–Crippen LogP) is 1.65. The number of ether oxygens (including phenoxy) is 4. The van der Waals surface area contributed by atoms with E-state index in [-0.39, 0.29) is 43.9 Å². The summed E-state index contributed by atoms with van der Waals surface area (Å²) >= 11 is 0. The van der Waals surface area contributed by atoms with Gasteiger partial charge in [0.2, 0.25) is 6.41 Å². The topological polar surface area (TPSA) is 91.4 Å². The lowest BCUT2D eigenvalue weighted by Crippen LogP contribution is -2.44. The number of fused-ring (bicyclic) bond motifs is 2. The third kappa shape index (κ3) is 3.85. The Kier molecular flexibility index (Phi) is 5.55. The van der Waals surface area contributed by atoms with Gasteiger partial charge in [0.25, 0.3) is 0 Å². The van der Waals surface area contributed by atoms with Gasteiger partial charge >= 0.3 is 12.1 Å². The lowest BCUT2D eigenvalue weighted by molar-refractivity contribution is -0.166. The van der Waals surface area contributed by atoms with Crippen molar-refractivity contribution in [2.45, 2.75) is 32.5 Å². The lowest BCUT2D eigenvalue weighted by atomic mass is 9.82. The number of esters is 1. The first-order valence-electron chi connectivity index (χ1n) is 9.07. The molecule has 2 bridgehead atoms. The van der Waals surface area contributed by atoms with E-state index in [0.29, 0.717) is 13.0 Å². The second-order valence-corrected chi connectivity index (χ2v) is 7.50. The Balaban J connectivity index is 1.44. The highest BCUT2D eigenvalue weighted by molar-refractivity contribution is 5.78. The number of carbonyl (C=O) groups is 3. The molecule has 3 aliphatic rings. The highest BCUT2D eigenvalue weighted by atomic mass is 16.7. The Hall–Kier alpha value is -2.35. The maximum Gasteiger partial charge on any atom is 0.508 e. The zero-order valence-corrected chi connectivity index (χ0v) is 15.6. The number of amides is 1. The highest BCUT2D eigenvalue weighted by Crippen LogP contribution is 2.42. The minimum atomic E-state index is -1.01. The second kappa shape index (κ2) is 7.72. The van der Waals surface area contributed by atoms with Gasteiger partial charge in [0.15, 0.2) is 0 Å². The van der Waals surface area contributed by atoms with E-state index in [0.717, 1.165) is 12.1 Å². The minimum absolute atomic E-state index is 0.0354. The fourth-order valence-corrected chi connectivity index (χ4v) is 3.66. The largest absolute Gasteiger partial charge is 0.508 e. The molecule has 8 nitrogen and oxygen atoms in total. The third-order valence-corrected chi connectivity index (χ3v) is 5.41. The van der Waals surface area contributed by atoms with Gasteiger partial charge in [-0.2, -0.15) is 0 Å². The van der Waals surface area contributed by atoms with Gasteiger partial charge in [0, 0.05) is 18.2 Å². The normalized spacial score (nSPS) is 30.4. The maximum absolute atomic E-state index is 12.2. The molecule has 2 saturated heterocycles. The van der Waals surface area contributed by atoms with E-state index in [2.05, 4.69) is 19.6 Å². The molecule has 4 unspecified atom stereocenters. The molecule has 4 atom stereocenters. The smallest absolute Gasteiger partial charge is 0.465 e. The highest BCUT2D eigenvalue weighted by Gasteiger charge is 2.45. The van der Waals surface area contributed by atoms with E-state index in [1.807, 2.05) is 6.08 Å². The average Bonchev–Trinajstić information content (AvgIpc) is 3.25. The number of hydrogen-bond donors (Lipinski definition) is 0. The average molecular weight is 379 g/mol. The Labute approximate surface area is 158 Å². The molecule has 0 saturated carbocycles. The summed E-state index contributed by atoms with van der Waals surface area (Å²) in [6.07, 6.45) is 4.55. The summed E-state index contributed by atoms with van der Waals surface area (Å²) < 4.78 is 20.6. The molecule has 0 aliphatic carbocycles. The standard InChI is InChI=1S/C19H25NO7/c1-12-14-5-6-15(27-14)16(12)13(2)20(11-21)7-4-8-24-17(22)19(3)9-25-18(23)26-10-19/h5-6,11-12,14-16H,2,4,7-10H2,1,3H3. The molecule has 3 heterocycles. The van der Waals surface area contributed by atoms with Crippen LogP contribution in [0.15, 0.2) is 24.4 Å². The summed E-state index contributed by atoms with van der Waals surface area (Å²) in [5.74, 6) is -0.158. The summed E-state index contributed by atoms with van der Waals surface area (Å²) in [7, 11) is 0. The molecule has 0 aromatic rings.